The van der Waals surface area contributed by atoms with Crippen LogP contribution >= 0.6 is 0 Å². The number of carbonyl (C=O) groups excluding carboxylic acids is 1. The quantitative estimate of drug-likeness (QED) is 0.919. The number of hydrogen-bond donors (Lipinski definition) is 1. The SMILES string of the molecule is COc1cc(OC)cc(C(C)NC(=O)C(F)(F)F)c1. The fourth-order valence-electron chi connectivity index (χ4n) is 1.44. The van der Waals surface area contributed by atoms with Gasteiger partial charge in [0.1, 0.15) is 11.5 Å². The van der Waals surface area contributed by atoms with E-state index in [1.54, 1.807) is 6.07 Å². The van der Waals surface area contributed by atoms with Gasteiger partial charge in [0.2, 0.25) is 0 Å². The molecule has 1 amide bonds. The van der Waals surface area contributed by atoms with Gasteiger partial charge in [-0.25, -0.2) is 0 Å². The Kier molecular flexibility index (Phi) is 4.63. The van der Waals surface area contributed by atoms with Crippen LogP contribution < -0.4 is 14.8 Å². The summed E-state index contributed by atoms with van der Waals surface area (Å²) in [4.78, 5) is 10.9. The van der Waals surface area contributed by atoms with E-state index in [9.17, 15) is 18.0 Å². The molecule has 0 heterocycles. The highest BCUT2D eigenvalue weighted by Gasteiger charge is 2.39. The Balaban J connectivity index is 2.93. The first-order valence-electron chi connectivity index (χ1n) is 5.38. The van der Waals surface area contributed by atoms with Crippen LogP contribution in [0.5, 0.6) is 11.5 Å². The van der Waals surface area contributed by atoms with Crippen LogP contribution in [-0.2, 0) is 4.79 Å². The molecule has 1 unspecified atom stereocenters. The van der Waals surface area contributed by atoms with E-state index in [1.165, 1.54) is 33.3 Å². The minimum atomic E-state index is -4.91. The largest absolute Gasteiger partial charge is 0.497 e. The van der Waals surface area contributed by atoms with E-state index in [4.69, 9.17) is 9.47 Å². The summed E-state index contributed by atoms with van der Waals surface area (Å²) in [5, 5.41) is 1.86. The maximum atomic E-state index is 12.2. The lowest BCUT2D eigenvalue weighted by atomic mass is 10.1. The maximum absolute atomic E-state index is 12.2. The van der Waals surface area contributed by atoms with Crippen LogP contribution in [0.2, 0.25) is 0 Å². The number of halogens is 3. The molecule has 0 fully saturated rings. The predicted molar refractivity (Wildman–Crippen MR) is 62.2 cm³/mol. The number of ether oxygens (including phenoxy) is 2. The smallest absolute Gasteiger partial charge is 0.471 e. The summed E-state index contributed by atoms with van der Waals surface area (Å²) in [5.41, 5.74) is 0.453. The first-order chi connectivity index (χ1) is 8.77. The lowest BCUT2D eigenvalue weighted by Gasteiger charge is -2.17. The van der Waals surface area contributed by atoms with E-state index in [0.29, 0.717) is 17.1 Å². The number of methoxy groups -OCH3 is 2. The molecule has 0 bridgehead atoms. The first-order valence-corrected chi connectivity index (χ1v) is 5.38. The zero-order valence-electron chi connectivity index (χ0n) is 10.7. The summed E-state index contributed by atoms with van der Waals surface area (Å²) in [6, 6.07) is 3.83. The van der Waals surface area contributed by atoms with Crippen molar-refractivity contribution in [3.63, 3.8) is 0 Å². The summed E-state index contributed by atoms with van der Waals surface area (Å²) < 4.78 is 46.5. The van der Waals surface area contributed by atoms with Crippen molar-refractivity contribution in [3.8, 4) is 11.5 Å². The Morgan fingerprint density at radius 1 is 1.16 bits per heavy atom. The molecule has 7 heteroatoms. The van der Waals surface area contributed by atoms with Gasteiger partial charge in [-0.15, -0.1) is 0 Å². The molecule has 1 aromatic carbocycles. The molecule has 19 heavy (non-hydrogen) atoms. The number of amides is 1. The van der Waals surface area contributed by atoms with E-state index in [2.05, 4.69) is 0 Å². The summed E-state index contributed by atoms with van der Waals surface area (Å²) in [7, 11) is 2.86. The molecule has 0 saturated heterocycles. The third-order valence-corrected chi connectivity index (χ3v) is 2.48. The number of rotatable bonds is 4. The van der Waals surface area contributed by atoms with Crippen molar-refractivity contribution in [3.05, 3.63) is 23.8 Å². The van der Waals surface area contributed by atoms with Crippen molar-refractivity contribution in [2.45, 2.75) is 19.1 Å². The van der Waals surface area contributed by atoms with Crippen LogP contribution in [0, 0.1) is 0 Å². The molecule has 0 saturated carbocycles. The van der Waals surface area contributed by atoms with Gasteiger partial charge in [0.15, 0.2) is 0 Å². The van der Waals surface area contributed by atoms with Gasteiger partial charge in [-0.1, -0.05) is 0 Å². The standard InChI is InChI=1S/C12H14F3NO3/c1-7(16-11(17)12(13,14)15)8-4-9(18-2)6-10(5-8)19-3/h4-7H,1-3H3,(H,16,17). The number of alkyl halides is 3. The molecule has 0 radical (unpaired) electrons. The second-order valence-electron chi connectivity index (χ2n) is 3.84. The van der Waals surface area contributed by atoms with Crippen LogP contribution in [0.4, 0.5) is 13.2 Å². The summed E-state index contributed by atoms with van der Waals surface area (Å²) >= 11 is 0. The molecule has 1 N–H and O–H groups in total. The molecule has 0 aliphatic rings. The molecule has 0 aliphatic heterocycles. The van der Waals surface area contributed by atoms with Crippen molar-refractivity contribution in [2.24, 2.45) is 0 Å². The highest BCUT2D eigenvalue weighted by molar-refractivity contribution is 5.82. The van der Waals surface area contributed by atoms with Crippen molar-refractivity contribution in [1.29, 1.82) is 0 Å². The van der Waals surface area contributed by atoms with Gasteiger partial charge in [-0.05, 0) is 24.6 Å². The van der Waals surface area contributed by atoms with Gasteiger partial charge in [-0.2, -0.15) is 13.2 Å². The molecule has 0 spiro atoms. The highest BCUT2D eigenvalue weighted by Crippen LogP contribution is 2.27. The second-order valence-corrected chi connectivity index (χ2v) is 3.84. The monoisotopic (exact) mass is 277 g/mol. The number of benzene rings is 1. The van der Waals surface area contributed by atoms with E-state index < -0.39 is 18.1 Å². The fourth-order valence-corrected chi connectivity index (χ4v) is 1.44. The summed E-state index contributed by atoms with van der Waals surface area (Å²) in [6.45, 7) is 1.44. The van der Waals surface area contributed by atoms with Gasteiger partial charge >= 0.3 is 12.1 Å². The van der Waals surface area contributed by atoms with E-state index in [1.807, 2.05) is 5.32 Å². The molecule has 0 aromatic heterocycles. The molecule has 4 nitrogen and oxygen atoms in total. The number of carbonyl (C=O) groups is 1. The molecule has 1 aromatic rings. The minimum absolute atomic E-state index is 0.433. The normalized spacial score (nSPS) is 12.7. The Morgan fingerprint density at radius 2 is 1.63 bits per heavy atom. The lowest BCUT2D eigenvalue weighted by molar-refractivity contribution is -0.174. The maximum Gasteiger partial charge on any atom is 0.471 e. The molecular weight excluding hydrogens is 263 g/mol. The molecule has 1 rings (SSSR count). The first kappa shape index (κ1) is 15.1. The number of hydrogen-bond acceptors (Lipinski definition) is 3. The van der Waals surface area contributed by atoms with Gasteiger partial charge in [-0.3, -0.25) is 4.79 Å². The van der Waals surface area contributed by atoms with Crippen molar-refractivity contribution in [1.82, 2.24) is 5.32 Å². The van der Waals surface area contributed by atoms with Crippen molar-refractivity contribution >= 4 is 5.91 Å². The van der Waals surface area contributed by atoms with Crippen molar-refractivity contribution < 1.29 is 27.4 Å². The molecule has 1 atom stereocenters. The summed E-state index contributed by atoms with van der Waals surface area (Å²) in [5.74, 6) is -1.12. The predicted octanol–water partition coefficient (Wildman–Crippen LogP) is 2.44. The van der Waals surface area contributed by atoms with E-state index >= 15 is 0 Å². The van der Waals surface area contributed by atoms with Crippen LogP contribution in [0.1, 0.15) is 18.5 Å². The average Bonchev–Trinajstić information content (AvgIpc) is 2.36. The minimum Gasteiger partial charge on any atom is -0.497 e. The van der Waals surface area contributed by atoms with Gasteiger partial charge in [0.25, 0.3) is 0 Å². The van der Waals surface area contributed by atoms with Crippen LogP contribution in [0.15, 0.2) is 18.2 Å². The van der Waals surface area contributed by atoms with Crippen molar-refractivity contribution in [2.75, 3.05) is 14.2 Å². The lowest BCUT2D eigenvalue weighted by Crippen LogP contribution is -2.38. The van der Waals surface area contributed by atoms with Crippen LogP contribution in [-0.4, -0.2) is 26.3 Å². The van der Waals surface area contributed by atoms with Gasteiger partial charge < -0.3 is 14.8 Å². The molecular formula is C12H14F3NO3. The summed E-state index contributed by atoms with van der Waals surface area (Å²) in [6.07, 6.45) is -4.91. The Morgan fingerprint density at radius 3 is 2.00 bits per heavy atom. The van der Waals surface area contributed by atoms with Gasteiger partial charge in [0, 0.05) is 6.07 Å². The van der Waals surface area contributed by atoms with E-state index in [-0.39, 0.29) is 0 Å². The van der Waals surface area contributed by atoms with Crippen LogP contribution in [0.25, 0.3) is 0 Å². The Bertz CT molecular complexity index is 438. The zero-order chi connectivity index (χ0) is 14.6. The Labute approximate surface area is 108 Å². The molecule has 106 valence electrons. The third-order valence-electron chi connectivity index (χ3n) is 2.48. The Hall–Kier alpha value is -1.92. The molecule has 0 aliphatic carbocycles. The fraction of sp³-hybridized carbons (Fsp3) is 0.417. The zero-order valence-corrected chi connectivity index (χ0v) is 10.7. The average molecular weight is 277 g/mol. The third kappa shape index (κ3) is 4.04. The second kappa shape index (κ2) is 5.81. The van der Waals surface area contributed by atoms with Gasteiger partial charge in [0.05, 0.1) is 20.3 Å². The highest BCUT2D eigenvalue weighted by atomic mass is 19.4. The topological polar surface area (TPSA) is 47.6 Å². The van der Waals surface area contributed by atoms with Crippen LogP contribution in [0.3, 0.4) is 0 Å². The van der Waals surface area contributed by atoms with E-state index in [0.717, 1.165) is 0 Å². The number of nitrogens with one attached hydrogen (secondary N) is 1.